The smallest absolute Gasteiger partial charge is 0.412 e. The van der Waals surface area contributed by atoms with Crippen LogP contribution in [0.2, 0.25) is 0 Å². The molecule has 21 heavy (non-hydrogen) atoms. The molecule has 0 fully saturated rings. The standard InChI is InChI=1S/C14H17N3O4/c1-14(2,3)20-13(19)16-8-4-5-10(18)9(6-8)11-7-12(15)17-21-11/h4-7,18H,1-3H3,(H2,15,17)(H,16,19). The largest absolute Gasteiger partial charge is 0.507 e. The number of carbonyl (C=O) groups excluding carboxylic acids is 1. The maximum atomic E-state index is 11.7. The number of aromatic nitrogens is 1. The minimum atomic E-state index is -0.594. The number of rotatable bonds is 2. The quantitative estimate of drug-likeness (QED) is 0.733. The van der Waals surface area contributed by atoms with Crippen LogP contribution < -0.4 is 11.1 Å². The Morgan fingerprint density at radius 3 is 2.67 bits per heavy atom. The molecule has 0 spiro atoms. The lowest BCUT2D eigenvalue weighted by molar-refractivity contribution is 0.0636. The molecule has 2 aromatic rings. The second-order valence-electron chi connectivity index (χ2n) is 5.47. The molecule has 1 aromatic heterocycles. The van der Waals surface area contributed by atoms with Crippen LogP contribution in [0.25, 0.3) is 11.3 Å². The first kappa shape index (κ1) is 14.7. The molecule has 0 bridgehead atoms. The second kappa shape index (κ2) is 5.35. The molecule has 0 aliphatic rings. The Bertz CT molecular complexity index is 658. The topological polar surface area (TPSA) is 111 Å². The molecular formula is C14H17N3O4. The number of anilines is 2. The number of aromatic hydroxyl groups is 1. The van der Waals surface area contributed by atoms with Gasteiger partial charge in [-0.1, -0.05) is 5.16 Å². The summed E-state index contributed by atoms with van der Waals surface area (Å²) in [5.74, 6) is 0.494. The van der Waals surface area contributed by atoms with Crippen LogP contribution in [0.15, 0.2) is 28.8 Å². The zero-order chi connectivity index (χ0) is 15.6. The van der Waals surface area contributed by atoms with Crippen molar-refractivity contribution in [1.29, 1.82) is 0 Å². The summed E-state index contributed by atoms with van der Waals surface area (Å²) in [6, 6.07) is 5.99. The molecule has 112 valence electrons. The van der Waals surface area contributed by atoms with Gasteiger partial charge in [0.15, 0.2) is 11.6 Å². The minimum Gasteiger partial charge on any atom is -0.507 e. The number of nitrogens with one attached hydrogen (secondary N) is 1. The van der Waals surface area contributed by atoms with E-state index in [0.29, 0.717) is 17.0 Å². The van der Waals surface area contributed by atoms with Crippen molar-refractivity contribution in [3.63, 3.8) is 0 Å². The molecule has 0 saturated carbocycles. The first-order valence-electron chi connectivity index (χ1n) is 6.30. The Balaban J connectivity index is 2.21. The molecule has 0 atom stereocenters. The molecule has 1 heterocycles. The van der Waals surface area contributed by atoms with Crippen LogP contribution in [0.5, 0.6) is 5.75 Å². The second-order valence-corrected chi connectivity index (χ2v) is 5.47. The molecule has 0 unspecified atom stereocenters. The number of amides is 1. The zero-order valence-corrected chi connectivity index (χ0v) is 12.0. The molecule has 4 N–H and O–H groups in total. The summed E-state index contributed by atoms with van der Waals surface area (Å²) in [7, 11) is 0. The van der Waals surface area contributed by atoms with Gasteiger partial charge in [-0.3, -0.25) is 5.32 Å². The van der Waals surface area contributed by atoms with E-state index in [1.807, 2.05) is 0 Å². The molecule has 2 rings (SSSR count). The average Bonchev–Trinajstić information content (AvgIpc) is 2.76. The van der Waals surface area contributed by atoms with Gasteiger partial charge in [0.2, 0.25) is 0 Å². The molecule has 0 aliphatic carbocycles. The van der Waals surface area contributed by atoms with Crippen LogP contribution >= 0.6 is 0 Å². The third-order valence-electron chi connectivity index (χ3n) is 2.44. The number of hydrogen-bond donors (Lipinski definition) is 3. The van der Waals surface area contributed by atoms with E-state index >= 15 is 0 Å². The first-order chi connectivity index (χ1) is 9.74. The van der Waals surface area contributed by atoms with Gasteiger partial charge in [0, 0.05) is 11.8 Å². The van der Waals surface area contributed by atoms with E-state index in [1.165, 1.54) is 12.1 Å². The van der Waals surface area contributed by atoms with E-state index in [1.54, 1.807) is 32.9 Å². The highest BCUT2D eigenvalue weighted by Gasteiger charge is 2.17. The predicted molar refractivity (Wildman–Crippen MR) is 77.9 cm³/mol. The lowest BCUT2D eigenvalue weighted by Gasteiger charge is -2.19. The maximum Gasteiger partial charge on any atom is 0.412 e. The Hall–Kier alpha value is -2.70. The highest BCUT2D eigenvalue weighted by molar-refractivity contribution is 5.86. The number of ether oxygens (including phenoxy) is 1. The Morgan fingerprint density at radius 2 is 2.10 bits per heavy atom. The average molecular weight is 291 g/mol. The lowest BCUT2D eigenvalue weighted by Crippen LogP contribution is -2.27. The molecule has 7 heteroatoms. The zero-order valence-electron chi connectivity index (χ0n) is 12.0. The predicted octanol–water partition coefficient (Wildman–Crippen LogP) is 2.98. The van der Waals surface area contributed by atoms with Gasteiger partial charge in [0.25, 0.3) is 0 Å². The highest BCUT2D eigenvalue weighted by Crippen LogP contribution is 2.32. The van der Waals surface area contributed by atoms with E-state index in [-0.39, 0.29) is 11.6 Å². The SMILES string of the molecule is CC(C)(C)OC(=O)Nc1ccc(O)c(-c2cc(N)no2)c1. The van der Waals surface area contributed by atoms with Gasteiger partial charge < -0.3 is 20.1 Å². The van der Waals surface area contributed by atoms with Crippen LogP contribution in [-0.4, -0.2) is 22.0 Å². The Labute approximate surface area is 121 Å². The highest BCUT2D eigenvalue weighted by atomic mass is 16.6. The van der Waals surface area contributed by atoms with Crippen LogP contribution in [0.3, 0.4) is 0 Å². The van der Waals surface area contributed by atoms with Gasteiger partial charge in [-0.05, 0) is 39.0 Å². The van der Waals surface area contributed by atoms with Crippen molar-refractivity contribution >= 4 is 17.6 Å². The summed E-state index contributed by atoms with van der Waals surface area (Å²) in [4.78, 5) is 11.7. The van der Waals surface area contributed by atoms with Crippen molar-refractivity contribution in [2.45, 2.75) is 26.4 Å². The molecule has 7 nitrogen and oxygen atoms in total. The third kappa shape index (κ3) is 3.88. The Kier molecular flexibility index (Phi) is 3.75. The van der Waals surface area contributed by atoms with Crippen LogP contribution in [0, 0.1) is 0 Å². The fourth-order valence-electron chi connectivity index (χ4n) is 1.65. The van der Waals surface area contributed by atoms with Crippen molar-refractivity contribution in [3.8, 4) is 17.1 Å². The van der Waals surface area contributed by atoms with Gasteiger partial charge in [-0.25, -0.2) is 4.79 Å². The number of phenolic OH excluding ortho intramolecular Hbond substituents is 1. The lowest BCUT2D eigenvalue weighted by atomic mass is 10.1. The molecule has 0 radical (unpaired) electrons. The van der Waals surface area contributed by atoms with Gasteiger partial charge in [-0.2, -0.15) is 0 Å². The molecular weight excluding hydrogens is 274 g/mol. The van der Waals surface area contributed by atoms with Gasteiger partial charge in [-0.15, -0.1) is 0 Å². The minimum absolute atomic E-state index is 0.0131. The monoisotopic (exact) mass is 291 g/mol. The van der Waals surface area contributed by atoms with Crippen LogP contribution in [0.4, 0.5) is 16.3 Å². The number of nitrogens with two attached hydrogens (primary N) is 1. The Morgan fingerprint density at radius 1 is 1.38 bits per heavy atom. The normalized spacial score (nSPS) is 11.2. The van der Waals surface area contributed by atoms with Crippen molar-refractivity contribution < 1.29 is 19.2 Å². The maximum absolute atomic E-state index is 11.7. The summed E-state index contributed by atoms with van der Waals surface area (Å²) in [5.41, 5.74) is 5.70. The van der Waals surface area contributed by atoms with E-state index in [4.69, 9.17) is 15.0 Å². The summed E-state index contributed by atoms with van der Waals surface area (Å²) in [6.07, 6.45) is -0.587. The van der Waals surface area contributed by atoms with E-state index < -0.39 is 11.7 Å². The molecule has 0 aliphatic heterocycles. The van der Waals surface area contributed by atoms with Gasteiger partial charge in [0.05, 0.1) is 5.56 Å². The molecule has 1 amide bonds. The molecule has 1 aromatic carbocycles. The van der Waals surface area contributed by atoms with Crippen molar-refractivity contribution in [2.75, 3.05) is 11.1 Å². The van der Waals surface area contributed by atoms with E-state index in [2.05, 4.69) is 10.5 Å². The fourth-order valence-corrected chi connectivity index (χ4v) is 1.65. The van der Waals surface area contributed by atoms with Crippen molar-refractivity contribution in [3.05, 3.63) is 24.3 Å². The summed E-state index contributed by atoms with van der Waals surface area (Å²) >= 11 is 0. The summed E-state index contributed by atoms with van der Waals surface area (Å²) in [6.45, 7) is 5.31. The summed E-state index contributed by atoms with van der Waals surface area (Å²) < 4.78 is 10.1. The number of phenols is 1. The van der Waals surface area contributed by atoms with Crippen LogP contribution in [-0.2, 0) is 4.74 Å². The number of hydrogen-bond acceptors (Lipinski definition) is 6. The van der Waals surface area contributed by atoms with Gasteiger partial charge in [0.1, 0.15) is 11.4 Å². The van der Waals surface area contributed by atoms with Gasteiger partial charge >= 0.3 is 6.09 Å². The molecule has 0 saturated heterocycles. The fraction of sp³-hybridized carbons (Fsp3) is 0.286. The number of benzene rings is 1. The number of carbonyl (C=O) groups is 1. The first-order valence-corrected chi connectivity index (χ1v) is 6.30. The summed E-state index contributed by atoms with van der Waals surface area (Å²) in [5, 5.41) is 16.0. The van der Waals surface area contributed by atoms with Crippen LogP contribution in [0.1, 0.15) is 20.8 Å². The van der Waals surface area contributed by atoms with Crippen molar-refractivity contribution in [1.82, 2.24) is 5.16 Å². The third-order valence-corrected chi connectivity index (χ3v) is 2.44. The van der Waals surface area contributed by atoms with E-state index in [9.17, 15) is 9.90 Å². The number of nitrogen functional groups attached to an aromatic ring is 1. The number of nitrogens with zero attached hydrogens (tertiary/aromatic N) is 1. The van der Waals surface area contributed by atoms with E-state index in [0.717, 1.165) is 0 Å². The van der Waals surface area contributed by atoms with Crippen molar-refractivity contribution in [2.24, 2.45) is 0 Å².